The van der Waals surface area contributed by atoms with Gasteiger partial charge in [-0.2, -0.15) is 31.4 Å². The van der Waals surface area contributed by atoms with Crippen LogP contribution in [-0.4, -0.2) is 71.8 Å². The standard InChI is InChI=1S/C30H36F6N6O8S2/c1-49-42(28(45)30(34,35)36)38-22-6-10-23(11-7-22)39-51(46)50-25-14-2-19(3-15-25)20-4-16-26(17-5-20)52(47,48)40-24-12-8-21(9-13-24)37-41(18-43)27(44)29(31,32)33/h6-13,18-20,25-26,37-40H,2-5,14-17H2,1H3. The van der Waals surface area contributed by atoms with E-state index in [0.717, 1.165) is 20.0 Å². The lowest BCUT2D eigenvalue weighted by molar-refractivity contribution is -0.217. The van der Waals surface area contributed by atoms with Crippen LogP contribution in [-0.2, 0) is 44.7 Å². The van der Waals surface area contributed by atoms with Gasteiger partial charge in [0.25, 0.3) is 11.3 Å². The van der Waals surface area contributed by atoms with Gasteiger partial charge in [-0.05, 0) is 112 Å². The molecule has 0 heterocycles. The number of hydroxylamine groups is 1. The van der Waals surface area contributed by atoms with E-state index in [9.17, 15) is 53.4 Å². The normalized spacial score (nSPS) is 21.7. The van der Waals surface area contributed by atoms with Crippen molar-refractivity contribution >= 4 is 62.3 Å². The second-order valence-corrected chi connectivity index (χ2v) is 14.9. The highest BCUT2D eigenvalue weighted by Gasteiger charge is 2.44. The molecular formula is C30H36F6N6O8S2. The summed E-state index contributed by atoms with van der Waals surface area (Å²) >= 11 is -1.92. The molecule has 0 radical (unpaired) electrons. The number of amides is 3. The van der Waals surface area contributed by atoms with E-state index >= 15 is 0 Å². The van der Waals surface area contributed by atoms with Crippen LogP contribution in [0.25, 0.3) is 0 Å². The molecule has 3 amide bonds. The summed E-state index contributed by atoms with van der Waals surface area (Å²) in [7, 11) is -2.91. The maximum absolute atomic E-state index is 13.1. The third-order valence-corrected chi connectivity index (χ3v) is 11.4. The van der Waals surface area contributed by atoms with Crippen molar-refractivity contribution in [3.63, 3.8) is 0 Å². The van der Waals surface area contributed by atoms with Crippen LogP contribution >= 0.6 is 0 Å². The largest absolute Gasteiger partial charge is 0.475 e. The summed E-state index contributed by atoms with van der Waals surface area (Å²) in [4.78, 5) is 38.0. The Balaban J connectivity index is 1.18. The van der Waals surface area contributed by atoms with Gasteiger partial charge >= 0.3 is 24.2 Å². The molecule has 0 spiro atoms. The number of hydrogen-bond donors (Lipinski definition) is 4. The molecule has 2 fully saturated rings. The number of nitrogens with zero attached hydrogens (tertiary/aromatic N) is 2. The van der Waals surface area contributed by atoms with Crippen molar-refractivity contribution in [2.45, 2.75) is 75.1 Å². The third-order valence-electron chi connectivity index (χ3n) is 8.65. The zero-order valence-corrected chi connectivity index (χ0v) is 29.0. The number of rotatable bonds is 14. The Morgan fingerprint density at radius 2 is 1.21 bits per heavy atom. The molecule has 0 bridgehead atoms. The number of hydrogen-bond acceptors (Lipinski definition) is 10. The van der Waals surface area contributed by atoms with Crippen molar-refractivity contribution in [3.05, 3.63) is 48.5 Å². The summed E-state index contributed by atoms with van der Waals surface area (Å²) in [5, 5.41) is -0.989. The van der Waals surface area contributed by atoms with Crippen molar-refractivity contribution in [3.8, 4) is 0 Å². The maximum Gasteiger partial charge on any atom is 0.475 e. The zero-order chi connectivity index (χ0) is 38.3. The van der Waals surface area contributed by atoms with Gasteiger partial charge in [-0.25, -0.2) is 12.6 Å². The Morgan fingerprint density at radius 3 is 1.69 bits per heavy atom. The predicted molar refractivity (Wildman–Crippen MR) is 176 cm³/mol. The highest BCUT2D eigenvalue weighted by atomic mass is 32.2. The lowest BCUT2D eigenvalue weighted by Crippen LogP contribution is -2.43. The Hall–Kier alpha value is -4.15. The van der Waals surface area contributed by atoms with E-state index in [2.05, 4.69) is 19.7 Å². The number of nitrogens with one attached hydrogen (secondary N) is 4. The molecule has 288 valence electrons. The molecule has 2 aliphatic rings. The van der Waals surface area contributed by atoms with E-state index in [4.69, 9.17) is 4.18 Å². The first-order valence-corrected chi connectivity index (χ1v) is 18.4. The van der Waals surface area contributed by atoms with Gasteiger partial charge in [0, 0.05) is 11.4 Å². The number of hydrazine groups is 2. The number of anilines is 4. The van der Waals surface area contributed by atoms with E-state index in [1.54, 1.807) is 0 Å². The highest BCUT2D eigenvalue weighted by molar-refractivity contribution is 7.93. The summed E-state index contributed by atoms with van der Waals surface area (Å²) in [5.41, 5.74) is 4.74. The summed E-state index contributed by atoms with van der Waals surface area (Å²) in [5.74, 6) is -4.03. The molecule has 0 aliphatic heterocycles. The fourth-order valence-electron chi connectivity index (χ4n) is 6.06. The number of carbonyl (C=O) groups excluding carboxylic acids is 3. The van der Waals surface area contributed by atoms with Crippen molar-refractivity contribution < 1.29 is 62.4 Å². The second-order valence-electron chi connectivity index (χ2n) is 12.1. The fraction of sp³-hybridized carbons (Fsp3) is 0.500. The fourth-order valence-corrected chi connectivity index (χ4v) is 8.40. The van der Waals surface area contributed by atoms with Crippen molar-refractivity contribution in [2.75, 3.05) is 27.4 Å². The Bertz CT molecular complexity index is 1670. The van der Waals surface area contributed by atoms with Gasteiger partial charge in [0.05, 0.1) is 29.8 Å². The molecule has 52 heavy (non-hydrogen) atoms. The van der Waals surface area contributed by atoms with Crippen LogP contribution < -0.4 is 20.3 Å². The van der Waals surface area contributed by atoms with Crippen LogP contribution in [0.3, 0.4) is 0 Å². The average molecular weight is 787 g/mol. The molecule has 2 aromatic rings. The zero-order valence-electron chi connectivity index (χ0n) is 27.4. The predicted octanol–water partition coefficient (Wildman–Crippen LogP) is 5.41. The van der Waals surface area contributed by atoms with Crippen LogP contribution in [0, 0.1) is 11.8 Å². The SMILES string of the molecule is CON(Nc1ccc(NS(=O)OC2CCC(C3CCC(S(=O)(=O)Nc4ccc(NN(C=O)C(=O)C(F)(F)F)cc4)CC3)CC2)cc1)C(=O)C(F)(F)F. The summed E-state index contributed by atoms with van der Waals surface area (Å²) in [6.45, 7) is 0. The highest BCUT2D eigenvalue weighted by Crippen LogP contribution is 2.40. The molecular weight excluding hydrogens is 750 g/mol. The number of sulfonamides is 1. The number of imide groups is 1. The number of benzene rings is 2. The Morgan fingerprint density at radius 1 is 0.750 bits per heavy atom. The molecule has 2 aliphatic carbocycles. The quantitative estimate of drug-likeness (QED) is 0.110. The van der Waals surface area contributed by atoms with Crippen LogP contribution in [0.15, 0.2) is 48.5 Å². The van der Waals surface area contributed by atoms with Gasteiger partial charge in [-0.3, -0.25) is 43.7 Å². The maximum atomic E-state index is 13.1. The summed E-state index contributed by atoms with van der Waals surface area (Å²) in [6.07, 6.45) is -5.94. The van der Waals surface area contributed by atoms with Gasteiger partial charge in [0.15, 0.2) is 0 Å². The molecule has 2 aromatic carbocycles. The van der Waals surface area contributed by atoms with Gasteiger partial charge in [0.1, 0.15) is 0 Å². The third kappa shape index (κ3) is 11.2. The first-order chi connectivity index (χ1) is 24.4. The van der Waals surface area contributed by atoms with Crippen LogP contribution in [0.2, 0.25) is 0 Å². The van der Waals surface area contributed by atoms with E-state index in [-0.39, 0.29) is 39.8 Å². The first kappa shape index (κ1) is 40.6. The topological polar surface area (TPSA) is 175 Å². The van der Waals surface area contributed by atoms with E-state index in [0.29, 0.717) is 56.0 Å². The summed E-state index contributed by atoms with van der Waals surface area (Å²) in [6, 6.07) is 10.5. The minimum absolute atomic E-state index is 0.0533. The smallest absolute Gasteiger partial charge is 0.289 e. The molecule has 4 N–H and O–H groups in total. The molecule has 1 unspecified atom stereocenters. The Labute approximate surface area is 297 Å². The number of alkyl halides is 6. The molecule has 4 rings (SSSR count). The van der Waals surface area contributed by atoms with Crippen molar-refractivity contribution in [1.82, 2.24) is 10.2 Å². The molecule has 2 saturated carbocycles. The minimum Gasteiger partial charge on any atom is -0.289 e. The molecule has 14 nitrogen and oxygen atoms in total. The molecule has 22 heteroatoms. The lowest BCUT2D eigenvalue weighted by atomic mass is 9.73. The van der Waals surface area contributed by atoms with Gasteiger partial charge in [0.2, 0.25) is 16.4 Å². The minimum atomic E-state index is -5.27. The Kier molecular flexibility index (Phi) is 13.4. The monoisotopic (exact) mass is 786 g/mol. The van der Waals surface area contributed by atoms with Gasteiger partial charge < -0.3 is 0 Å². The summed E-state index contributed by atoms with van der Waals surface area (Å²) < 4.78 is 125. The second kappa shape index (κ2) is 17.1. The van der Waals surface area contributed by atoms with Crippen molar-refractivity contribution in [1.29, 1.82) is 0 Å². The number of carbonyl (C=O) groups is 3. The van der Waals surface area contributed by atoms with E-state index < -0.39 is 50.7 Å². The van der Waals surface area contributed by atoms with Crippen LogP contribution in [0.1, 0.15) is 51.4 Å². The molecule has 0 aromatic heterocycles. The molecule has 0 saturated heterocycles. The molecule has 1 atom stereocenters. The van der Waals surface area contributed by atoms with Crippen LogP contribution in [0.5, 0.6) is 0 Å². The average Bonchev–Trinajstić information content (AvgIpc) is 3.10. The van der Waals surface area contributed by atoms with Crippen molar-refractivity contribution in [2.24, 2.45) is 11.8 Å². The van der Waals surface area contributed by atoms with Gasteiger partial charge in [-0.15, -0.1) is 5.17 Å². The van der Waals surface area contributed by atoms with E-state index in [1.807, 2.05) is 5.43 Å². The lowest BCUT2D eigenvalue weighted by Gasteiger charge is -2.37. The van der Waals surface area contributed by atoms with E-state index in [1.165, 1.54) is 48.5 Å². The first-order valence-electron chi connectivity index (χ1n) is 15.8. The number of halogens is 6. The van der Waals surface area contributed by atoms with Crippen LogP contribution in [0.4, 0.5) is 49.1 Å². The van der Waals surface area contributed by atoms with Gasteiger partial charge in [-0.1, -0.05) is 0 Å².